The number of rotatable bonds is 5. The average molecular weight is 314 g/mol. The highest BCUT2D eigenvalue weighted by molar-refractivity contribution is 5.94. The Morgan fingerprint density at radius 1 is 1.30 bits per heavy atom. The molecule has 2 aromatic heterocycles. The molecule has 3 rings (SSSR count). The molecule has 1 N–H and O–H groups in total. The molecule has 0 spiro atoms. The maximum absolute atomic E-state index is 13.3. The van der Waals surface area contributed by atoms with E-state index in [1.54, 1.807) is 22.9 Å². The van der Waals surface area contributed by atoms with Crippen LogP contribution < -0.4 is 4.74 Å². The van der Waals surface area contributed by atoms with Crippen molar-refractivity contribution in [1.29, 1.82) is 0 Å². The lowest BCUT2D eigenvalue weighted by Gasteiger charge is -2.10. The molecular weight excluding hydrogens is 299 g/mol. The van der Waals surface area contributed by atoms with E-state index < -0.39 is 11.8 Å². The van der Waals surface area contributed by atoms with Crippen molar-refractivity contribution in [3.63, 3.8) is 0 Å². The highest BCUT2D eigenvalue weighted by Crippen LogP contribution is 2.21. The number of carboxylic acids is 1. The molecule has 0 atom stereocenters. The molecule has 0 fully saturated rings. The lowest BCUT2D eigenvalue weighted by Crippen LogP contribution is -2.14. The van der Waals surface area contributed by atoms with Crippen LogP contribution in [0.5, 0.6) is 5.88 Å². The van der Waals surface area contributed by atoms with Crippen molar-refractivity contribution >= 4 is 16.9 Å². The zero-order chi connectivity index (χ0) is 16.4. The second kappa shape index (κ2) is 6.08. The maximum atomic E-state index is 13.3. The topological polar surface area (TPSA) is 64.3 Å². The number of halogens is 1. The number of aryl methyl sites for hydroxylation is 1. The Bertz CT molecular complexity index is 856. The van der Waals surface area contributed by atoms with E-state index in [2.05, 4.69) is 4.98 Å². The molecule has 2 heterocycles. The summed E-state index contributed by atoms with van der Waals surface area (Å²) in [6, 6.07) is 9.31. The van der Waals surface area contributed by atoms with Crippen molar-refractivity contribution in [3.8, 4) is 5.88 Å². The molecule has 0 aliphatic heterocycles. The normalized spacial score (nSPS) is 10.9. The summed E-state index contributed by atoms with van der Waals surface area (Å²) in [4.78, 5) is 15.5. The molecule has 0 radical (unpaired) electrons. The number of pyridine rings is 1. The molecule has 0 aliphatic carbocycles. The molecule has 0 unspecified atom stereocenters. The standard InChI is InChI=1S/C17H15FN2O3/c1-11-2-5-16(19-10-11)23-7-6-20-14-4-3-13(18)8-12(14)9-15(20)17(21)22/h2-5,8-10H,6-7H2,1H3,(H,21,22). The van der Waals surface area contributed by atoms with Gasteiger partial charge in [0, 0.05) is 23.2 Å². The number of hydrogen-bond acceptors (Lipinski definition) is 3. The van der Waals surface area contributed by atoms with Gasteiger partial charge in [0.2, 0.25) is 5.88 Å². The fourth-order valence-corrected chi connectivity index (χ4v) is 2.44. The second-order valence-electron chi connectivity index (χ2n) is 5.21. The van der Waals surface area contributed by atoms with Gasteiger partial charge >= 0.3 is 5.97 Å². The molecule has 5 nitrogen and oxygen atoms in total. The molecule has 0 amide bonds. The van der Waals surface area contributed by atoms with Gasteiger partial charge in [0.1, 0.15) is 18.1 Å². The highest BCUT2D eigenvalue weighted by Gasteiger charge is 2.15. The Hall–Kier alpha value is -2.89. The summed E-state index contributed by atoms with van der Waals surface area (Å²) in [7, 11) is 0. The third kappa shape index (κ3) is 3.15. The van der Waals surface area contributed by atoms with Gasteiger partial charge in [-0.1, -0.05) is 6.07 Å². The molecule has 118 valence electrons. The summed E-state index contributed by atoms with van der Waals surface area (Å²) in [5.74, 6) is -0.975. The summed E-state index contributed by atoms with van der Waals surface area (Å²) in [6.45, 7) is 2.52. The van der Waals surface area contributed by atoms with E-state index in [4.69, 9.17) is 4.74 Å². The van der Waals surface area contributed by atoms with E-state index in [1.165, 1.54) is 18.2 Å². The van der Waals surface area contributed by atoms with Crippen LogP contribution >= 0.6 is 0 Å². The van der Waals surface area contributed by atoms with Crippen LogP contribution in [0, 0.1) is 12.7 Å². The Morgan fingerprint density at radius 3 is 2.83 bits per heavy atom. The van der Waals surface area contributed by atoms with E-state index in [-0.39, 0.29) is 12.3 Å². The SMILES string of the molecule is Cc1ccc(OCCn2c(C(=O)O)cc3cc(F)ccc32)nc1. The van der Waals surface area contributed by atoms with Gasteiger partial charge in [0.15, 0.2) is 0 Å². The third-order valence-electron chi connectivity index (χ3n) is 3.53. The molecular formula is C17H15FN2O3. The number of aromatic carboxylic acids is 1. The van der Waals surface area contributed by atoms with E-state index in [1.807, 2.05) is 13.0 Å². The lowest BCUT2D eigenvalue weighted by molar-refractivity contribution is 0.0684. The quantitative estimate of drug-likeness (QED) is 0.785. The minimum absolute atomic E-state index is 0.103. The first-order chi connectivity index (χ1) is 11.0. The molecule has 0 aliphatic rings. The number of carbonyl (C=O) groups is 1. The number of carboxylic acid groups (broad SMARTS) is 1. The lowest BCUT2D eigenvalue weighted by atomic mass is 10.2. The minimum Gasteiger partial charge on any atom is -0.477 e. The van der Waals surface area contributed by atoms with Gasteiger partial charge in [-0.2, -0.15) is 0 Å². The number of aromatic nitrogens is 2. The van der Waals surface area contributed by atoms with Crippen molar-refractivity contribution in [2.24, 2.45) is 0 Å². The van der Waals surface area contributed by atoms with Crippen LogP contribution in [0.3, 0.4) is 0 Å². The molecule has 0 bridgehead atoms. The predicted molar refractivity (Wildman–Crippen MR) is 83.3 cm³/mol. The highest BCUT2D eigenvalue weighted by atomic mass is 19.1. The van der Waals surface area contributed by atoms with Crippen LogP contribution in [0.25, 0.3) is 10.9 Å². The zero-order valence-corrected chi connectivity index (χ0v) is 12.5. The van der Waals surface area contributed by atoms with Gasteiger partial charge in [-0.05, 0) is 36.8 Å². The second-order valence-corrected chi connectivity index (χ2v) is 5.21. The number of nitrogens with zero attached hydrogens (tertiary/aromatic N) is 2. The third-order valence-corrected chi connectivity index (χ3v) is 3.53. The Balaban J connectivity index is 1.82. The van der Waals surface area contributed by atoms with Gasteiger partial charge in [-0.15, -0.1) is 0 Å². The van der Waals surface area contributed by atoms with E-state index >= 15 is 0 Å². The summed E-state index contributed by atoms with van der Waals surface area (Å²) < 4.78 is 20.4. The molecule has 6 heteroatoms. The van der Waals surface area contributed by atoms with Crippen LogP contribution in [0.2, 0.25) is 0 Å². The monoisotopic (exact) mass is 314 g/mol. The molecule has 23 heavy (non-hydrogen) atoms. The summed E-state index contributed by atoms with van der Waals surface area (Å²) >= 11 is 0. The first-order valence-corrected chi connectivity index (χ1v) is 7.12. The largest absolute Gasteiger partial charge is 0.477 e. The Morgan fingerprint density at radius 2 is 2.13 bits per heavy atom. The van der Waals surface area contributed by atoms with Gasteiger partial charge in [-0.3, -0.25) is 0 Å². The van der Waals surface area contributed by atoms with Gasteiger partial charge in [0.25, 0.3) is 0 Å². The first kappa shape index (κ1) is 15.0. The van der Waals surface area contributed by atoms with Crippen molar-refractivity contribution in [1.82, 2.24) is 9.55 Å². The fraction of sp³-hybridized carbons (Fsp3) is 0.176. The Kier molecular flexibility index (Phi) is 3.97. The van der Waals surface area contributed by atoms with E-state index in [9.17, 15) is 14.3 Å². The van der Waals surface area contributed by atoms with Crippen molar-refractivity contribution in [3.05, 3.63) is 59.7 Å². The molecule has 0 saturated heterocycles. The fourth-order valence-electron chi connectivity index (χ4n) is 2.44. The van der Waals surface area contributed by atoms with Crippen molar-refractivity contribution < 1.29 is 19.0 Å². The molecule has 3 aromatic rings. The molecule has 1 aromatic carbocycles. The summed E-state index contributed by atoms with van der Waals surface area (Å²) in [5, 5.41) is 9.87. The van der Waals surface area contributed by atoms with Crippen LogP contribution in [-0.4, -0.2) is 27.2 Å². The molecule has 0 saturated carbocycles. The van der Waals surface area contributed by atoms with Crippen LogP contribution in [0.15, 0.2) is 42.6 Å². The van der Waals surface area contributed by atoms with Gasteiger partial charge in [0.05, 0.1) is 6.54 Å². The van der Waals surface area contributed by atoms with E-state index in [0.29, 0.717) is 23.3 Å². The van der Waals surface area contributed by atoms with E-state index in [0.717, 1.165) is 5.56 Å². The number of ether oxygens (including phenoxy) is 1. The van der Waals surface area contributed by atoms with Crippen molar-refractivity contribution in [2.75, 3.05) is 6.61 Å². The maximum Gasteiger partial charge on any atom is 0.352 e. The first-order valence-electron chi connectivity index (χ1n) is 7.12. The van der Waals surface area contributed by atoms with Gasteiger partial charge < -0.3 is 14.4 Å². The summed E-state index contributed by atoms with van der Waals surface area (Å²) in [6.07, 6.45) is 1.70. The summed E-state index contributed by atoms with van der Waals surface area (Å²) in [5.41, 5.74) is 1.79. The number of hydrogen-bond donors (Lipinski definition) is 1. The van der Waals surface area contributed by atoms with Gasteiger partial charge in [-0.25, -0.2) is 14.2 Å². The van der Waals surface area contributed by atoms with Crippen molar-refractivity contribution in [2.45, 2.75) is 13.5 Å². The Labute approximate surface area is 132 Å². The zero-order valence-electron chi connectivity index (χ0n) is 12.5. The van der Waals surface area contributed by atoms with Crippen LogP contribution in [-0.2, 0) is 6.54 Å². The number of benzene rings is 1. The average Bonchev–Trinajstić information content (AvgIpc) is 2.87. The minimum atomic E-state index is -1.06. The van der Waals surface area contributed by atoms with Crippen LogP contribution in [0.4, 0.5) is 4.39 Å². The predicted octanol–water partition coefficient (Wildman–Crippen LogP) is 3.26. The van der Waals surface area contributed by atoms with Crippen LogP contribution in [0.1, 0.15) is 16.1 Å². The number of fused-ring (bicyclic) bond motifs is 1. The smallest absolute Gasteiger partial charge is 0.352 e.